The van der Waals surface area contributed by atoms with Gasteiger partial charge >= 0.3 is 0 Å². The van der Waals surface area contributed by atoms with Crippen LogP contribution in [-0.4, -0.2) is 53.6 Å². The lowest BCUT2D eigenvalue weighted by atomic mass is 10.0. The second-order valence-electron chi connectivity index (χ2n) is 8.38. The summed E-state index contributed by atoms with van der Waals surface area (Å²) in [6.45, 7) is 3.29. The molecule has 2 aromatic carbocycles. The number of nitrogens with zero attached hydrogens (tertiary/aromatic N) is 3. The third kappa shape index (κ3) is 5.69. The summed E-state index contributed by atoms with van der Waals surface area (Å²) in [5.74, 6) is -0.281. The van der Waals surface area contributed by atoms with Crippen LogP contribution >= 0.6 is 0 Å². The van der Waals surface area contributed by atoms with E-state index in [0.717, 1.165) is 5.56 Å². The smallest absolute Gasteiger partial charge is 0.214 e. The number of benzene rings is 2. The van der Waals surface area contributed by atoms with Gasteiger partial charge in [-0.2, -0.15) is 0 Å². The van der Waals surface area contributed by atoms with Crippen LogP contribution in [0.25, 0.3) is 0 Å². The molecule has 2 unspecified atom stereocenters. The number of carbonyl (C=O) groups is 1. The molecule has 1 saturated heterocycles. The molecule has 0 spiro atoms. The Bertz CT molecular complexity index is 1080. The van der Waals surface area contributed by atoms with Gasteiger partial charge in [0.15, 0.2) is 5.78 Å². The predicted octanol–water partition coefficient (Wildman–Crippen LogP) is 3.80. The van der Waals surface area contributed by atoms with Crippen LogP contribution in [0.4, 0.5) is 0 Å². The molecule has 1 aliphatic rings. The van der Waals surface area contributed by atoms with Gasteiger partial charge in [-0.15, -0.1) is 0 Å². The van der Waals surface area contributed by atoms with Crippen molar-refractivity contribution < 1.29 is 19.0 Å². The van der Waals surface area contributed by atoms with Crippen molar-refractivity contribution in [1.82, 2.24) is 14.5 Å². The van der Waals surface area contributed by atoms with Crippen molar-refractivity contribution in [3.8, 4) is 5.75 Å². The van der Waals surface area contributed by atoms with E-state index in [1.165, 1.54) is 5.56 Å². The molecule has 2 atom stereocenters. The zero-order chi connectivity index (χ0) is 23.3. The third-order valence-electron chi connectivity index (χ3n) is 5.40. The van der Waals surface area contributed by atoms with Crippen molar-refractivity contribution in [3.05, 3.63) is 96.2 Å². The largest absolute Gasteiger partial charge is 0.491 e. The summed E-state index contributed by atoms with van der Waals surface area (Å²) in [4.78, 5) is 18.1. The second kappa shape index (κ2) is 10.0. The fourth-order valence-corrected chi connectivity index (χ4v) is 3.62. The summed E-state index contributed by atoms with van der Waals surface area (Å²) in [6.07, 6.45) is 8.42. The molecule has 172 valence electrons. The number of ether oxygens (including phenoxy) is 3. The number of imidazole rings is 1. The van der Waals surface area contributed by atoms with Crippen molar-refractivity contribution >= 4 is 5.78 Å². The molecule has 4 rings (SSSR count). The van der Waals surface area contributed by atoms with E-state index in [1.54, 1.807) is 49.1 Å². The first-order chi connectivity index (χ1) is 15.9. The van der Waals surface area contributed by atoms with Gasteiger partial charge in [0.2, 0.25) is 5.79 Å². The summed E-state index contributed by atoms with van der Waals surface area (Å²) < 4.78 is 20.5. The van der Waals surface area contributed by atoms with Crippen molar-refractivity contribution in [2.75, 3.05) is 27.3 Å². The van der Waals surface area contributed by atoms with Crippen molar-refractivity contribution in [2.24, 2.45) is 0 Å². The number of rotatable bonds is 9. The first kappa shape index (κ1) is 22.8. The van der Waals surface area contributed by atoms with Crippen LogP contribution in [0, 0.1) is 6.92 Å². The van der Waals surface area contributed by atoms with Crippen LogP contribution in [0.1, 0.15) is 21.5 Å². The second-order valence-corrected chi connectivity index (χ2v) is 8.38. The Morgan fingerprint density at radius 3 is 2.64 bits per heavy atom. The fourth-order valence-electron chi connectivity index (χ4n) is 3.62. The van der Waals surface area contributed by atoms with Crippen LogP contribution in [0.2, 0.25) is 0 Å². The summed E-state index contributed by atoms with van der Waals surface area (Å²) in [5, 5.41) is 0. The number of ketones is 1. The molecule has 3 aromatic rings. The highest BCUT2D eigenvalue weighted by Gasteiger charge is 2.44. The average Bonchev–Trinajstić information content (AvgIpc) is 3.48. The average molecular weight is 448 g/mol. The molecule has 0 bridgehead atoms. The van der Waals surface area contributed by atoms with Crippen molar-refractivity contribution in [2.45, 2.75) is 25.4 Å². The first-order valence-electron chi connectivity index (χ1n) is 10.9. The Morgan fingerprint density at radius 1 is 1.21 bits per heavy atom. The lowest BCUT2D eigenvalue weighted by Crippen LogP contribution is -2.34. The van der Waals surface area contributed by atoms with Gasteiger partial charge in [-0.1, -0.05) is 29.8 Å². The molecular formula is C26H29N3O4. The maximum atomic E-state index is 12.2. The summed E-state index contributed by atoms with van der Waals surface area (Å²) in [7, 11) is 3.75. The Balaban J connectivity index is 1.40. The van der Waals surface area contributed by atoms with Gasteiger partial charge in [-0.05, 0) is 31.2 Å². The maximum absolute atomic E-state index is 12.2. The van der Waals surface area contributed by atoms with Crippen LogP contribution in [0.3, 0.4) is 0 Å². The molecule has 0 aliphatic carbocycles. The van der Waals surface area contributed by atoms with E-state index >= 15 is 0 Å². The third-order valence-corrected chi connectivity index (χ3v) is 5.40. The predicted molar refractivity (Wildman–Crippen MR) is 125 cm³/mol. The van der Waals surface area contributed by atoms with E-state index in [9.17, 15) is 4.79 Å². The normalized spacial score (nSPS) is 20.3. The quantitative estimate of drug-likeness (QED) is 0.367. The van der Waals surface area contributed by atoms with E-state index in [0.29, 0.717) is 31.1 Å². The molecule has 7 heteroatoms. The van der Waals surface area contributed by atoms with Gasteiger partial charge in [-0.25, -0.2) is 4.98 Å². The first-order valence-corrected chi connectivity index (χ1v) is 10.9. The zero-order valence-corrected chi connectivity index (χ0v) is 19.2. The number of allylic oxidation sites excluding steroid dienone is 1. The van der Waals surface area contributed by atoms with E-state index < -0.39 is 5.79 Å². The van der Waals surface area contributed by atoms with E-state index in [4.69, 9.17) is 14.2 Å². The van der Waals surface area contributed by atoms with Crippen LogP contribution < -0.4 is 4.74 Å². The van der Waals surface area contributed by atoms with Gasteiger partial charge in [0.05, 0.1) is 19.5 Å². The van der Waals surface area contributed by atoms with Crippen LogP contribution in [0.15, 0.2) is 79.5 Å². The number of aromatic nitrogens is 2. The fraction of sp³-hybridized carbons (Fsp3) is 0.308. The zero-order valence-electron chi connectivity index (χ0n) is 19.2. The summed E-state index contributed by atoms with van der Waals surface area (Å²) in [5.41, 5.74) is 2.74. The molecule has 1 aromatic heterocycles. The minimum atomic E-state index is -0.905. The number of hydrogen-bond donors (Lipinski definition) is 0. The Hall–Kier alpha value is -3.42. The Kier molecular flexibility index (Phi) is 6.91. The molecule has 2 heterocycles. The minimum Gasteiger partial charge on any atom is -0.491 e. The highest BCUT2D eigenvalue weighted by Crippen LogP contribution is 2.36. The lowest BCUT2D eigenvalue weighted by molar-refractivity contribution is -0.189. The SMILES string of the molecule is Cc1ccc(C2(Cn3ccnc3)OCC(COc3ccc(C(=O)C=CN(C)C)cc3)O2)cc1. The van der Waals surface area contributed by atoms with Gasteiger partial charge < -0.3 is 23.7 Å². The van der Waals surface area contributed by atoms with Gasteiger partial charge in [0.1, 0.15) is 18.5 Å². The number of hydrogen-bond acceptors (Lipinski definition) is 6. The standard InChI is InChI=1S/C26H29N3O4/c1-20-4-8-22(9-5-20)26(18-29-15-13-27-19-29)32-17-24(33-26)16-31-23-10-6-21(7-11-23)25(30)12-14-28(2)3/h4-15,19,24H,16-18H2,1-3H3. The molecule has 1 fully saturated rings. The molecule has 7 nitrogen and oxygen atoms in total. The highest BCUT2D eigenvalue weighted by molar-refractivity contribution is 6.04. The molecule has 0 radical (unpaired) electrons. The molecule has 0 N–H and O–H groups in total. The monoisotopic (exact) mass is 447 g/mol. The molecule has 33 heavy (non-hydrogen) atoms. The van der Waals surface area contributed by atoms with Gasteiger partial charge in [-0.3, -0.25) is 4.79 Å². The summed E-state index contributed by atoms with van der Waals surface area (Å²) in [6, 6.07) is 15.3. The molecule has 1 aliphatic heterocycles. The van der Waals surface area contributed by atoms with E-state index in [2.05, 4.69) is 24.0 Å². The van der Waals surface area contributed by atoms with Crippen molar-refractivity contribution in [1.29, 1.82) is 0 Å². The van der Waals surface area contributed by atoms with Crippen molar-refractivity contribution in [3.63, 3.8) is 0 Å². The van der Waals surface area contributed by atoms with E-state index in [-0.39, 0.29) is 11.9 Å². The van der Waals surface area contributed by atoms with Gasteiger partial charge in [0, 0.05) is 49.9 Å². The number of carbonyl (C=O) groups excluding carboxylic acids is 1. The molecule has 0 amide bonds. The topological polar surface area (TPSA) is 65.8 Å². The Labute approximate surface area is 194 Å². The minimum absolute atomic E-state index is 0.0508. The highest BCUT2D eigenvalue weighted by atomic mass is 16.8. The van der Waals surface area contributed by atoms with Crippen LogP contribution in [-0.2, 0) is 21.8 Å². The van der Waals surface area contributed by atoms with Gasteiger partial charge in [0.25, 0.3) is 0 Å². The summed E-state index contributed by atoms with van der Waals surface area (Å²) >= 11 is 0. The molecule has 0 saturated carbocycles. The lowest BCUT2D eigenvalue weighted by Gasteiger charge is -2.29. The molecular weight excluding hydrogens is 418 g/mol. The maximum Gasteiger partial charge on any atom is 0.214 e. The number of aryl methyl sites for hydroxylation is 1. The van der Waals surface area contributed by atoms with Crippen LogP contribution in [0.5, 0.6) is 5.75 Å². The van der Waals surface area contributed by atoms with E-state index in [1.807, 2.05) is 41.9 Å². The Morgan fingerprint density at radius 2 is 1.97 bits per heavy atom.